The Morgan fingerprint density at radius 2 is 1.17 bits per heavy atom. The Kier molecular flexibility index (Phi) is 18.5. The molecule has 110 valence electrons. The summed E-state index contributed by atoms with van der Waals surface area (Å²) in [6, 6.07) is 0. The predicted octanol–water partition coefficient (Wildman–Crippen LogP) is 6.81. The van der Waals surface area contributed by atoms with E-state index < -0.39 is 0 Å². The third kappa shape index (κ3) is 13.7. The third-order valence-electron chi connectivity index (χ3n) is 3.71. The highest BCUT2D eigenvalue weighted by molar-refractivity contribution is 4.98. The van der Waals surface area contributed by atoms with Crippen LogP contribution in [0.5, 0.6) is 0 Å². The topological polar surface area (TPSA) is 0 Å². The molecule has 0 amide bonds. The second-order valence-corrected chi connectivity index (χ2v) is 5.23. The standard InChI is InChI=1S/C17H34.FH/c1-4-7-8-9-10-11-12-13-14-15-16-17(5-2)6-3;/h5H,4,6-16H2,1-3H3;1H. The van der Waals surface area contributed by atoms with Crippen molar-refractivity contribution in [3.05, 3.63) is 11.6 Å². The van der Waals surface area contributed by atoms with Gasteiger partial charge in [0.1, 0.15) is 0 Å². The second-order valence-electron chi connectivity index (χ2n) is 5.23. The highest BCUT2D eigenvalue weighted by Gasteiger charge is 1.95. The van der Waals surface area contributed by atoms with Crippen molar-refractivity contribution in [1.29, 1.82) is 0 Å². The molecule has 0 fully saturated rings. The van der Waals surface area contributed by atoms with Crippen LogP contribution in [0.3, 0.4) is 0 Å². The molecule has 1 heteroatoms. The van der Waals surface area contributed by atoms with Crippen molar-refractivity contribution < 1.29 is 4.70 Å². The second kappa shape index (κ2) is 16.7. The minimum atomic E-state index is 0. The van der Waals surface area contributed by atoms with E-state index in [-0.39, 0.29) is 4.70 Å². The first kappa shape index (κ1) is 20.0. The van der Waals surface area contributed by atoms with Crippen LogP contribution >= 0.6 is 0 Å². The highest BCUT2D eigenvalue weighted by Crippen LogP contribution is 2.14. The Morgan fingerprint density at radius 1 is 0.722 bits per heavy atom. The lowest BCUT2D eigenvalue weighted by molar-refractivity contribution is 0.555. The molecule has 0 aromatic carbocycles. The number of hydrogen-bond donors (Lipinski definition) is 0. The molecule has 0 heterocycles. The van der Waals surface area contributed by atoms with Gasteiger partial charge in [0.15, 0.2) is 0 Å². The van der Waals surface area contributed by atoms with Crippen molar-refractivity contribution in [3.63, 3.8) is 0 Å². The largest absolute Gasteiger partial charge is 0.269 e. The Hall–Kier alpha value is -0.330. The fourth-order valence-corrected chi connectivity index (χ4v) is 2.36. The smallest absolute Gasteiger partial charge is 0.0321 e. The number of halogens is 1. The van der Waals surface area contributed by atoms with Crippen molar-refractivity contribution >= 4 is 0 Å². The quantitative estimate of drug-likeness (QED) is 0.266. The summed E-state index contributed by atoms with van der Waals surface area (Å²) in [7, 11) is 0. The van der Waals surface area contributed by atoms with E-state index in [1.54, 1.807) is 5.57 Å². The minimum absolute atomic E-state index is 0. The lowest BCUT2D eigenvalue weighted by atomic mass is 10.0. The van der Waals surface area contributed by atoms with E-state index in [4.69, 9.17) is 0 Å². The number of unbranched alkanes of at least 4 members (excludes halogenated alkanes) is 9. The molecule has 18 heavy (non-hydrogen) atoms. The molecule has 0 nitrogen and oxygen atoms in total. The Morgan fingerprint density at radius 3 is 1.56 bits per heavy atom. The van der Waals surface area contributed by atoms with E-state index in [1.165, 1.54) is 77.0 Å². The van der Waals surface area contributed by atoms with E-state index in [9.17, 15) is 0 Å². The first-order chi connectivity index (χ1) is 8.35. The van der Waals surface area contributed by atoms with Gasteiger partial charge in [-0.15, -0.1) is 0 Å². The number of hydrogen-bond acceptors (Lipinski definition) is 0. The van der Waals surface area contributed by atoms with Crippen LogP contribution in [0.4, 0.5) is 4.70 Å². The van der Waals surface area contributed by atoms with Crippen molar-refractivity contribution in [2.75, 3.05) is 0 Å². The van der Waals surface area contributed by atoms with Crippen LogP contribution in [0.1, 0.15) is 97.8 Å². The van der Waals surface area contributed by atoms with Gasteiger partial charge in [0.05, 0.1) is 0 Å². The summed E-state index contributed by atoms with van der Waals surface area (Å²) >= 11 is 0. The Labute approximate surface area is 115 Å². The molecular weight excluding hydrogens is 223 g/mol. The zero-order valence-electron chi connectivity index (χ0n) is 13.0. The molecule has 0 saturated carbocycles. The molecule has 0 aromatic heterocycles. The van der Waals surface area contributed by atoms with Crippen LogP contribution in [0, 0.1) is 0 Å². The summed E-state index contributed by atoms with van der Waals surface area (Å²) in [6.45, 7) is 6.73. The molecule has 0 radical (unpaired) electrons. The molecule has 0 rings (SSSR count). The van der Waals surface area contributed by atoms with Gasteiger partial charge < -0.3 is 0 Å². The summed E-state index contributed by atoms with van der Waals surface area (Å²) in [5.41, 5.74) is 1.64. The van der Waals surface area contributed by atoms with Crippen LogP contribution in [0.2, 0.25) is 0 Å². The van der Waals surface area contributed by atoms with Crippen molar-refractivity contribution in [2.45, 2.75) is 97.8 Å². The zero-order chi connectivity index (χ0) is 12.8. The summed E-state index contributed by atoms with van der Waals surface area (Å²) < 4.78 is 0. The van der Waals surface area contributed by atoms with Gasteiger partial charge in [-0.1, -0.05) is 83.3 Å². The van der Waals surface area contributed by atoms with Crippen LogP contribution < -0.4 is 0 Å². The van der Waals surface area contributed by atoms with Gasteiger partial charge >= 0.3 is 0 Å². The van der Waals surface area contributed by atoms with Gasteiger partial charge in [0, 0.05) is 0 Å². The fraction of sp³-hybridized carbons (Fsp3) is 0.882. The average Bonchev–Trinajstić information content (AvgIpc) is 2.36. The van der Waals surface area contributed by atoms with Gasteiger partial charge in [-0.3, -0.25) is 4.70 Å². The van der Waals surface area contributed by atoms with Gasteiger partial charge in [0.25, 0.3) is 0 Å². The normalized spacial score (nSPS) is 11.4. The first-order valence-corrected chi connectivity index (χ1v) is 7.99. The lowest BCUT2D eigenvalue weighted by Gasteiger charge is -2.04. The van der Waals surface area contributed by atoms with Gasteiger partial charge in [-0.25, -0.2) is 0 Å². The van der Waals surface area contributed by atoms with Crippen molar-refractivity contribution in [1.82, 2.24) is 0 Å². The highest BCUT2D eigenvalue weighted by atomic mass is 19.0. The number of rotatable bonds is 12. The van der Waals surface area contributed by atoms with Gasteiger partial charge in [0.2, 0.25) is 0 Å². The average molecular weight is 258 g/mol. The zero-order valence-corrected chi connectivity index (χ0v) is 13.0. The minimum Gasteiger partial charge on any atom is -0.269 e. The molecule has 0 atom stereocenters. The molecule has 0 bridgehead atoms. The van der Waals surface area contributed by atoms with Crippen LogP contribution in [0.25, 0.3) is 0 Å². The van der Waals surface area contributed by atoms with E-state index in [1.807, 2.05) is 0 Å². The Bertz CT molecular complexity index is 172. The summed E-state index contributed by atoms with van der Waals surface area (Å²) in [4.78, 5) is 0. The van der Waals surface area contributed by atoms with E-state index in [0.717, 1.165) is 0 Å². The monoisotopic (exact) mass is 258 g/mol. The summed E-state index contributed by atoms with van der Waals surface area (Å²) in [6.07, 6.45) is 19.3. The maximum atomic E-state index is 2.30. The summed E-state index contributed by atoms with van der Waals surface area (Å²) in [5.74, 6) is 0. The predicted molar refractivity (Wildman–Crippen MR) is 83.0 cm³/mol. The molecule has 0 aromatic rings. The fourth-order valence-electron chi connectivity index (χ4n) is 2.36. The first-order valence-electron chi connectivity index (χ1n) is 7.99. The van der Waals surface area contributed by atoms with Crippen molar-refractivity contribution in [2.24, 2.45) is 0 Å². The Balaban J connectivity index is 0. The molecular formula is C17H35F. The van der Waals surface area contributed by atoms with Crippen LogP contribution in [-0.2, 0) is 0 Å². The third-order valence-corrected chi connectivity index (χ3v) is 3.71. The van der Waals surface area contributed by atoms with E-state index in [2.05, 4.69) is 26.8 Å². The lowest BCUT2D eigenvalue weighted by Crippen LogP contribution is -1.84. The SMILES string of the molecule is CC=C(CC)CCCCCCCCCCCC.F. The maximum absolute atomic E-state index is 2.30. The van der Waals surface area contributed by atoms with Gasteiger partial charge in [-0.2, -0.15) is 0 Å². The molecule has 0 N–H and O–H groups in total. The molecule has 0 spiro atoms. The molecule has 0 aliphatic carbocycles. The number of allylic oxidation sites excluding steroid dienone is 2. The molecule has 0 unspecified atom stereocenters. The molecule has 0 aliphatic rings. The molecule has 0 aliphatic heterocycles. The van der Waals surface area contributed by atoms with E-state index in [0.29, 0.717) is 0 Å². The van der Waals surface area contributed by atoms with Crippen LogP contribution in [-0.4, -0.2) is 0 Å². The van der Waals surface area contributed by atoms with E-state index >= 15 is 0 Å². The van der Waals surface area contributed by atoms with Gasteiger partial charge in [-0.05, 0) is 26.2 Å². The summed E-state index contributed by atoms with van der Waals surface area (Å²) in [5, 5.41) is 0. The van der Waals surface area contributed by atoms with Crippen molar-refractivity contribution in [3.8, 4) is 0 Å². The maximum Gasteiger partial charge on any atom is -0.0321 e. The van der Waals surface area contributed by atoms with Crippen LogP contribution in [0.15, 0.2) is 11.6 Å². The molecule has 0 saturated heterocycles.